The Morgan fingerprint density at radius 2 is 1.88 bits per heavy atom. The summed E-state index contributed by atoms with van der Waals surface area (Å²) in [5.41, 5.74) is -1.40. The van der Waals surface area contributed by atoms with Gasteiger partial charge in [0.05, 0.1) is 5.25 Å². The summed E-state index contributed by atoms with van der Waals surface area (Å²) in [6.45, 7) is 3.54. The first kappa shape index (κ1) is 13.4. The van der Waals surface area contributed by atoms with Crippen LogP contribution in [0.3, 0.4) is 0 Å². The van der Waals surface area contributed by atoms with Crippen LogP contribution in [0.15, 0.2) is 0 Å². The lowest BCUT2D eigenvalue weighted by Crippen LogP contribution is -2.58. The zero-order chi connectivity index (χ0) is 12.4. The van der Waals surface area contributed by atoms with Crippen LogP contribution in [0.4, 0.5) is 0 Å². The van der Waals surface area contributed by atoms with Crippen molar-refractivity contribution in [3.05, 3.63) is 0 Å². The number of rotatable bonds is 4. The van der Waals surface area contributed by atoms with Crippen LogP contribution in [0.2, 0.25) is 0 Å². The van der Waals surface area contributed by atoms with Gasteiger partial charge in [-0.3, -0.25) is 4.79 Å². The summed E-state index contributed by atoms with van der Waals surface area (Å²) in [5.74, 6) is -1.14. The molecular formula is C9H17NO5S. The molecule has 1 aliphatic heterocycles. The Hall–Kier alpha value is -0.660. The summed E-state index contributed by atoms with van der Waals surface area (Å²) in [5, 5.41) is 8.50. The largest absolute Gasteiger partial charge is 0.480 e. The van der Waals surface area contributed by atoms with Gasteiger partial charge in [0.25, 0.3) is 0 Å². The van der Waals surface area contributed by atoms with Gasteiger partial charge >= 0.3 is 5.97 Å². The molecule has 1 saturated heterocycles. The molecule has 0 saturated carbocycles. The summed E-state index contributed by atoms with van der Waals surface area (Å²) in [7, 11) is -3.59. The van der Waals surface area contributed by atoms with Crippen molar-refractivity contribution in [3.63, 3.8) is 0 Å². The monoisotopic (exact) mass is 251 g/mol. The fraction of sp³-hybridized carbons (Fsp3) is 0.889. The van der Waals surface area contributed by atoms with Crippen molar-refractivity contribution in [3.8, 4) is 0 Å². The molecule has 7 heteroatoms. The lowest BCUT2D eigenvalue weighted by molar-refractivity contribution is -0.147. The van der Waals surface area contributed by atoms with Crippen molar-refractivity contribution >= 4 is 16.0 Å². The summed E-state index contributed by atoms with van der Waals surface area (Å²) >= 11 is 0. The first-order chi connectivity index (χ1) is 7.30. The summed E-state index contributed by atoms with van der Waals surface area (Å²) in [4.78, 5) is 11.2. The average Bonchev–Trinajstić information content (AvgIpc) is 2.18. The highest BCUT2D eigenvalue weighted by molar-refractivity contribution is 7.90. The molecule has 0 aromatic carbocycles. The predicted octanol–water partition coefficient (Wildman–Crippen LogP) is -0.0520. The minimum absolute atomic E-state index is 0.161. The van der Waals surface area contributed by atoms with E-state index in [0.29, 0.717) is 0 Å². The normalized spacial score (nSPS) is 20.9. The van der Waals surface area contributed by atoms with Crippen LogP contribution in [-0.4, -0.2) is 43.5 Å². The Labute approximate surface area is 95.0 Å². The molecule has 0 unspecified atom stereocenters. The number of sulfonamides is 1. The van der Waals surface area contributed by atoms with E-state index < -0.39 is 26.8 Å². The molecular weight excluding hydrogens is 234 g/mol. The number of nitrogens with one attached hydrogen (secondary N) is 1. The highest BCUT2D eigenvalue weighted by Gasteiger charge is 2.43. The zero-order valence-corrected chi connectivity index (χ0v) is 10.2. The molecule has 2 N–H and O–H groups in total. The number of aliphatic carboxylic acids is 1. The van der Waals surface area contributed by atoms with Crippen LogP contribution in [0.1, 0.15) is 26.7 Å². The van der Waals surface area contributed by atoms with Gasteiger partial charge in [-0.2, -0.15) is 4.72 Å². The second kappa shape index (κ2) is 4.68. The molecule has 0 atom stereocenters. The first-order valence-electron chi connectivity index (χ1n) is 5.14. The average molecular weight is 251 g/mol. The summed E-state index contributed by atoms with van der Waals surface area (Å²) in [6.07, 6.45) is 0.322. The van der Waals surface area contributed by atoms with Crippen molar-refractivity contribution < 1.29 is 23.1 Å². The molecule has 0 aromatic heterocycles. The van der Waals surface area contributed by atoms with Gasteiger partial charge in [0.1, 0.15) is 5.54 Å². The Morgan fingerprint density at radius 1 is 1.38 bits per heavy atom. The van der Waals surface area contributed by atoms with E-state index in [-0.39, 0.29) is 26.1 Å². The van der Waals surface area contributed by atoms with E-state index in [2.05, 4.69) is 4.72 Å². The Kier molecular flexibility index (Phi) is 3.92. The van der Waals surface area contributed by atoms with Crippen LogP contribution in [0.25, 0.3) is 0 Å². The molecule has 6 nitrogen and oxygen atoms in total. The van der Waals surface area contributed by atoms with Crippen molar-refractivity contribution in [2.24, 2.45) is 0 Å². The van der Waals surface area contributed by atoms with Gasteiger partial charge in [-0.15, -0.1) is 0 Å². The third-order valence-corrected chi connectivity index (χ3v) is 4.63. The van der Waals surface area contributed by atoms with Gasteiger partial charge in [0.15, 0.2) is 0 Å². The van der Waals surface area contributed by atoms with E-state index in [1.54, 1.807) is 0 Å². The molecule has 94 valence electrons. The van der Waals surface area contributed by atoms with Crippen LogP contribution >= 0.6 is 0 Å². The molecule has 1 aliphatic rings. The predicted molar refractivity (Wildman–Crippen MR) is 57.6 cm³/mol. The SMILES string of the molecule is CC(C)S(=O)(=O)NC1(C(=O)O)CCOCC1. The standard InChI is InChI=1S/C9H17NO5S/c1-7(2)16(13,14)10-9(8(11)12)3-5-15-6-4-9/h7,10H,3-6H2,1-2H3,(H,11,12). The topological polar surface area (TPSA) is 92.7 Å². The molecule has 1 fully saturated rings. The minimum Gasteiger partial charge on any atom is -0.480 e. The zero-order valence-electron chi connectivity index (χ0n) is 9.39. The van der Waals surface area contributed by atoms with Crippen LogP contribution in [0.5, 0.6) is 0 Å². The minimum atomic E-state index is -3.59. The number of carbonyl (C=O) groups is 1. The molecule has 0 amide bonds. The molecule has 0 bridgehead atoms. The van der Waals surface area contributed by atoms with Gasteiger partial charge in [-0.1, -0.05) is 0 Å². The fourth-order valence-electron chi connectivity index (χ4n) is 1.47. The first-order valence-corrected chi connectivity index (χ1v) is 6.69. The fourth-order valence-corrected chi connectivity index (χ4v) is 2.54. The maximum absolute atomic E-state index is 11.7. The molecule has 0 spiro atoms. The molecule has 0 aromatic rings. The molecule has 1 rings (SSSR count). The molecule has 16 heavy (non-hydrogen) atoms. The van der Waals surface area contributed by atoms with Crippen LogP contribution in [0, 0.1) is 0 Å². The van der Waals surface area contributed by atoms with Crippen molar-refractivity contribution in [2.75, 3.05) is 13.2 Å². The Balaban J connectivity index is 2.92. The third-order valence-electron chi connectivity index (χ3n) is 2.71. The number of hydrogen-bond donors (Lipinski definition) is 2. The van der Waals surface area contributed by atoms with Crippen LogP contribution in [-0.2, 0) is 19.6 Å². The van der Waals surface area contributed by atoms with Gasteiger partial charge < -0.3 is 9.84 Å². The van der Waals surface area contributed by atoms with E-state index in [1.807, 2.05) is 0 Å². The number of carboxylic acid groups (broad SMARTS) is 1. The van der Waals surface area contributed by atoms with Crippen molar-refractivity contribution in [1.82, 2.24) is 4.72 Å². The number of carboxylic acids is 1. The lowest BCUT2D eigenvalue weighted by Gasteiger charge is -2.34. The van der Waals surface area contributed by atoms with Crippen molar-refractivity contribution in [1.29, 1.82) is 0 Å². The smallest absolute Gasteiger partial charge is 0.325 e. The second-order valence-electron chi connectivity index (χ2n) is 4.20. The summed E-state index contributed by atoms with van der Waals surface area (Å²) < 4.78 is 30.7. The second-order valence-corrected chi connectivity index (χ2v) is 6.43. The van der Waals surface area contributed by atoms with Gasteiger partial charge in [0, 0.05) is 26.1 Å². The van der Waals surface area contributed by atoms with E-state index in [1.165, 1.54) is 13.8 Å². The quantitative estimate of drug-likeness (QED) is 0.730. The van der Waals surface area contributed by atoms with E-state index in [0.717, 1.165) is 0 Å². The lowest BCUT2D eigenvalue weighted by atomic mass is 9.92. The Bertz CT molecular complexity index is 356. The van der Waals surface area contributed by atoms with E-state index >= 15 is 0 Å². The number of ether oxygens (including phenoxy) is 1. The molecule has 0 radical (unpaired) electrons. The Morgan fingerprint density at radius 3 is 2.25 bits per heavy atom. The van der Waals surface area contributed by atoms with E-state index in [9.17, 15) is 13.2 Å². The van der Waals surface area contributed by atoms with E-state index in [4.69, 9.17) is 9.84 Å². The van der Waals surface area contributed by atoms with Gasteiger partial charge in [-0.25, -0.2) is 8.42 Å². The highest BCUT2D eigenvalue weighted by atomic mass is 32.2. The molecule has 1 heterocycles. The van der Waals surface area contributed by atoms with Gasteiger partial charge in [0.2, 0.25) is 10.0 Å². The van der Waals surface area contributed by atoms with Crippen molar-refractivity contribution in [2.45, 2.75) is 37.5 Å². The maximum Gasteiger partial charge on any atom is 0.325 e. The summed E-state index contributed by atoms with van der Waals surface area (Å²) in [6, 6.07) is 0. The third kappa shape index (κ3) is 2.72. The van der Waals surface area contributed by atoms with Gasteiger partial charge in [-0.05, 0) is 13.8 Å². The molecule has 0 aliphatic carbocycles. The highest BCUT2D eigenvalue weighted by Crippen LogP contribution is 2.22. The van der Waals surface area contributed by atoms with Crippen LogP contribution < -0.4 is 4.72 Å². The number of hydrogen-bond acceptors (Lipinski definition) is 4. The maximum atomic E-state index is 11.7.